The maximum Gasteiger partial charge on any atom is 0.274 e. The van der Waals surface area contributed by atoms with Crippen LogP contribution >= 0.6 is 11.6 Å². The van der Waals surface area contributed by atoms with Crippen molar-refractivity contribution in [3.63, 3.8) is 0 Å². The summed E-state index contributed by atoms with van der Waals surface area (Å²) in [5, 5.41) is 14.1. The monoisotopic (exact) mass is 459 g/mol. The van der Waals surface area contributed by atoms with Crippen molar-refractivity contribution in [2.45, 2.75) is 11.8 Å². The van der Waals surface area contributed by atoms with E-state index in [1.54, 1.807) is 13.0 Å². The van der Waals surface area contributed by atoms with Crippen LogP contribution in [0.3, 0.4) is 0 Å². The highest BCUT2D eigenvalue weighted by Gasteiger charge is 2.22. The van der Waals surface area contributed by atoms with Crippen LogP contribution in [-0.2, 0) is 10.0 Å². The van der Waals surface area contributed by atoms with Gasteiger partial charge in [0.15, 0.2) is 0 Å². The van der Waals surface area contributed by atoms with E-state index in [0.29, 0.717) is 22.0 Å². The molecule has 0 unspecified atom stereocenters. The maximum absolute atomic E-state index is 12.8. The smallest absolute Gasteiger partial charge is 0.274 e. The Morgan fingerprint density at radius 3 is 2.23 bits per heavy atom. The van der Waals surface area contributed by atoms with Crippen molar-refractivity contribution in [2.24, 2.45) is 0 Å². The molecular weight excluding hydrogens is 442 g/mol. The van der Waals surface area contributed by atoms with Gasteiger partial charge in [0.2, 0.25) is 0 Å². The van der Waals surface area contributed by atoms with E-state index in [0.717, 1.165) is 4.31 Å². The summed E-state index contributed by atoms with van der Waals surface area (Å²) in [4.78, 5) is 23.2. The van der Waals surface area contributed by atoms with Crippen LogP contribution in [0.2, 0.25) is 5.02 Å². The van der Waals surface area contributed by atoms with Crippen LogP contribution in [0.1, 0.15) is 15.9 Å². The van der Waals surface area contributed by atoms with Crippen molar-refractivity contribution >= 4 is 44.6 Å². The predicted octanol–water partition coefficient (Wildman–Crippen LogP) is 4.63. The lowest BCUT2D eigenvalue weighted by Crippen LogP contribution is -2.26. The van der Waals surface area contributed by atoms with Gasteiger partial charge in [-0.05, 0) is 61.5 Å². The van der Waals surface area contributed by atoms with E-state index in [1.165, 1.54) is 67.7 Å². The lowest BCUT2D eigenvalue weighted by atomic mass is 10.1. The first-order chi connectivity index (χ1) is 14.6. The first-order valence-corrected chi connectivity index (χ1v) is 10.8. The van der Waals surface area contributed by atoms with E-state index in [4.69, 9.17) is 11.6 Å². The highest BCUT2D eigenvalue weighted by molar-refractivity contribution is 7.92. The highest BCUT2D eigenvalue weighted by Crippen LogP contribution is 2.26. The lowest BCUT2D eigenvalue weighted by molar-refractivity contribution is -0.385. The van der Waals surface area contributed by atoms with Crippen molar-refractivity contribution in [1.29, 1.82) is 0 Å². The number of anilines is 2. The molecule has 0 radical (unpaired) electrons. The maximum atomic E-state index is 12.8. The molecule has 0 aromatic heterocycles. The summed E-state index contributed by atoms with van der Waals surface area (Å²) in [6.45, 7) is 1.55. The first-order valence-electron chi connectivity index (χ1n) is 9.01. The van der Waals surface area contributed by atoms with Crippen LogP contribution in [0.25, 0.3) is 0 Å². The molecule has 0 saturated carbocycles. The van der Waals surface area contributed by atoms with E-state index < -0.39 is 20.9 Å². The van der Waals surface area contributed by atoms with Gasteiger partial charge in [0.05, 0.1) is 26.8 Å². The van der Waals surface area contributed by atoms with Crippen LogP contribution in [-0.4, -0.2) is 26.3 Å². The number of halogens is 1. The lowest BCUT2D eigenvalue weighted by Gasteiger charge is -2.20. The number of hydrogen-bond acceptors (Lipinski definition) is 5. The Hall–Kier alpha value is -3.43. The third kappa shape index (κ3) is 4.68. The summed E-state index contributed by atoms with van der Waals surface area (Å²) in [5.41, 5.74) is 1.20. The molecule has 3 aromatic carbocycles. The number of nitrogens with zero attached hydrogens (tertiary/aromatic N) is 2. The van der Waals surface area contributed by atoms with Crippen molar-refractivity contribution < 1.29 is 18.1 Å². The molecule has 0 aliphatic heterocycles. The summed E-state index contributed by atoms with van der Waals surface area (Å²) in [7, 11) is -2.39. The molecule has 10 heteroatoms. The fourth-order valence-corrected chi connectivity index (χ4v) is 4.20. The molecule has 0 heterocycles. The molecule has 0 aliphatic rings. The molecule has 31 heavy (non-hydrogen) atoms. The fourth-order valence-electron chi connectivity index (χ4n) is 2.88. The summed E-state index contributed by atoms with van der Waals surface area (Å²) in [6, 6.07) is 16.2. The minimum absolute atomic E-state index is 0.0855. The first kappa shape index (κ1) is 22.3. The van der Waals surface area contributed by atoms with E-state index in [1.807, 2.05) is 0 Å². The van der Waals surface area contributed by atoms with Gasteiger partial charge in [0, 0.05) is 23.7 Å². The summed E-state index contributed by atoms with van der Waals surface area (Å²) < 4.78 is 26.7. The number of rotatable bonds is 6. The second-order valence-corrected chi connectivity index (χ2v) is 9.04. The van der Waals surface area contributed by atoms with Crippen LogP contribution in [0.5, 0.6) is 0 Å². The van der Waals surface area contributed by atoms with Gasteiger partial charge in [-0.1, -0.05) is 17.7 Å². The zero-order valence-electron chi connectivity index (χ0n) is 16.6. The fraction of sp³-hybridized carbons (Fsp3) is 0.0952. The van der Waals surface area contributed by atoms with E-state index in [-0.39, 0.29) is 16.1 Å². The Balaban J connectivity index is 1.80. The molecule has 0 fully saturated rings. The minimum atomic E-state index is -3.80. The van der Waals surface area contributed by atoms with Gasteiger partial charge < -0.3 is 5.32 Å². The zero-order valence-corrected chi connectivity index (χ0v) is 18.1. The summed E-state index contributed by atoms with van der Waals surface area (Å²) >= 11 is 5.82. The topological polar surface area (TPSA) is 110 Å². The molecule has 0 aliphatic carbocycles. The normalized spacial score (nSPS) is 11.1. The number of hydrogen-bond donors (Lipinski definition) is 1. The average Bonchev–Trinajstić information content (AvgIpc) is 2.74. The molecule has 0 atom stereocenters. The van der Waals surface area contributed by atoms with Gasteiger partial charge in [-0.2, -0.15) is 0 Å². The Morgan fingerprint density at radius 1 is 1.03 bits per heavy atom. The molecule has 160 valence electrons. The Labute approximate surface area is 184 Å². The quantitative estimate of drug-likeness (QED) is 0.426. The number of carbonyl (C=O) groups is 1. The summed E-state index contributed by atoms with van der Waals surface area (Å²) in [6.07, 6.45) is 0. The van der Waals surface area contributed by atoms with Crippen LogP contribution in [0, 0.1) is 17.0 Å². The van der Waals surface area contributed by atoms with Gasteiger partial charge in [-0.15, -0.1) is 0 Å². The molecule has 1 N–H and O–H groups in total. The van der Waals surface area contributed by atoms with Gasteiger partial charge >= 0.3 is 0 Å². The molecule has 0 bridgehead atoms. The third-order valence-electron chi connectivity index (χ3n) is 4.72. The number of benzene rings is 3. The van der Waals surface area contributed by atoms with Gasteiger partial charge in [0.1, 0.15) is 0 Å². The number of amides is 1. The zero-order chi connectivity index (χ0) is 22.8. The SMILES string of the molecule is Cc1c(NC(=O)c2ccc(N(C)S(=O)(=O)c3ccc(Cl)cc3)cc2)cccc1[N+](=O)[O-]. The standard InChI is InChI=1S/C21H18ClN3O5S/c1-14-19(4-3-5-20(14)25(27)28)23-21(26)15-6-10-17(11-7-15)24(2)31(29,30)18-12-8-16(22)9-13-18/h3-13H,1-2H3,(H,23,26). The Bertz CT molecular complexity index is 1240. The van der Waals surface area contributed by atoms with Crippen LogP contribution in [0.4, 0.5) is 17.1 Å². The number of nitrogens with one attached hydrogen (secondary N) is 1. The van der Waals surface area contributed by atoms with E-state index >= 15 is 0 Å². The van der Waals surface area contributed by atoms with Crippen LogP contribution in [0.15, 0.2) is 71.6 Å². The number of carbonyl (C=O) groups excluding carboxylic acids is 1. The predicted molar refractivity (Wildman–Crippen MR) is 119 cm³/mol. The van der Waals surface area contributed by atoms with Gasteiger partial charge in [-0.25, -0.2) is 8.42 Å². The van der Waals surface area contributed by atoms with E-state index in [9.17, 15) is 23.3 Å². The Kier molecular flexibility index (Phi) is 6.28. The van der Waals surface area contributed by atoms with Gasteiger partial charge in [-0.3, -0.25) is 19.2 Å². The largest absolute Gasteiger partial charge is 0.321 e. The third-order valence-corrected chi connectivity index (χ3v) is 6.77. The van der Waals surface area contributed by atoms with Crippen LogP contribution < -0.4 is 9.62 Å². The average molecular weight is 460 g/mol. The van der Waals surface area contributed by atoms with Crippen molar-refractivity contribution in [3.05, 3.63) is 93.0 Å². The molecule has 0 saturated heterocycles. The minimum Gasteiger partial charge on any atom is -0.321 e. The number of nitro benzene ring substituents is 1. The van der Waals surface area contributed by atoms with Gasteiger partial charge in [0.25, 0.3) is 21.6 Å². The number of sulfonamides is 1. The highest BCUT2D eigenvalue weighted by atomic mass is 35.5. The molecule has 1 amide bonds. The van der Waals surface area contributed by atoms with Crippen molar-refractivity contribution in [1.82, 2.24) is 0 Å². The second kappa shape index (κ2) is 8.75. The molecule has 3 aromatic rings. The van der Waals surface area contributed by atoms with Crippen molar-refractivity contribution in [2.75, 3.05) is 16.7 Å². The molecule has 0 spiro atoms. The van der Waals surface area contributed by atoms with Crippen molar-refractivity contribution in [3.8, 4) is 0 Å². The molecular formula is C21H18ClN3O5S. The molecule has 3 rings (SSSR count). The number of nitro groups is 1. The summed E-state index contributed by atoms with van der Waals surface area (Å²) in [5.74, 6) is -0.474. The second-order valence-electron chi connectivity index (χ2n) is 6.63. The Morgan fingerprint density at radius 2 is 1.65 bits per heavy atom. The molecule has 8 nitrogen and oxygen atoms in total. The van der Waals surface area contributed by atoms with E-state index in [2.05, 4.69) is 5.32 Å².